The van der Waals surface area contributed by atoms with Crippen molar-refractivity contribution in [1.29, 1.82) is 0 Å². The molecule has 0 amide bonds. The minimum atomic E-state index is -0.600. The zero-order chi connectivity index (χ0) is 7.56. The van der Waals surface area contributed by atoms with E-state index in [-0.39, 0.29) is 0 Å². The summed E-state index contributed by atoms with van der Waals surface area (Å²) in [6, 6.07) is 0.552. The molecule has 0 N–H and O–H groups in total. The Balaban J connectivity index is 2.36. The molecule has 10 heavy (non-hydrogen) atoms. The van der Waals surface area contributed by atoms with E-state index in [0.717, 1.165) is 18.1 Å². The fraction of sp³-hybridized carbons (Fsp3) is 1.00. The molecule has 0 spiro atoms. The number of hydrogen-bond acceptors (Lipinski definition) is 3. The Bertz CT molecular complexity index is 140. The van der Waals surface area contributed by atoms with E-state index in [1.807, 2.05) is 0 Å². The second kappa shape index (κ2) is 3.74. The first-order valence-electron chi connectivity index (χ1n) is 3.46. The Morgan fingerprint density at radius 1 is 1.80 bits per heavy atom. The van der Waals surface area contributed by atoms with Gasteiger partial charge in [0.25, 0.3) is 0 Å². The fourth-order valence-electron chi connectivity index (χ4n) is 0.920. The van der Waals surface area contributed by atoms with E-state index >= 15 is 0 Å². The van der Waals surface area contributed by atoms with Crippen molar-refractivity contribution in [3.8, 4) is 0 Å². The van der Waals surface area contributed by atoms with E-state index in [1.54, 1.807) is 10.8 Å². The first-order valence-corrected chi connectivity index (χ1v) is 6.28. The number of hydrogen-bond donors (Lipinski definition) is 0. The molecule has 0 aromatic rings. The molecule has 0 saturated carbocycles. The van der Waals surface area contributed by atoms with Crippen molar-refractivity contribution in [2.75, 3.05) is 25.1 Å². The fourth-order valence-corrected chi connectivity index (χ4v) is 4.22. The lowest BCUT2D eigenvalue weighted by atomic mass is 10.3. The summed E-state index contributed by atoms with van der Waals surface area (Å²) >= 11 is 0. The van der Waals surface area contributed by atoms with E-state index in [9.17, 15) is 4.21 Å². The van der Waals surface area contributed by atoms with Crippen LogP contribution in [0.5, 0.6) is 0 Å². The van der Waals surface area contributed by atoms with Crippen molar-refractivity contribution >= 4 is 20.6 Å². The van der Waals surface area contributed by atoms with Crippen LogP contribution in [0.25, 0.3) is 0 Å². The standard InChI is InChI=1S/C6H13NOS2/c1-3-7(2)6-4-9-10(8)5-6/h6H,3-5H2,1-2H3. The van der Waals surface area contributed by atoms with Crippen LogP contribution < -0.4 is 0 Å². The number of nitrogens with zero attached hydrogens (tertiary/aromatic N) is 1. The van der Waals surface area contributed by atoms with Gasteiger partial charge in [-0.2, -0.15) is 0 Å². The van der Waals surface area contributed by atoms with Crippen LogP contribution in [0, 0.1) is 0 Å². The molecule has 1 rings (SSSR count). The first-order chi connectivity index (χ1) is 4.74. The number of rotatable bonds is 2. The predicted molar refractivity (Wildman–Crippen MR) is 47.6 cm³/mol. The van der Waals surface area contributed by atoms with Crippen LogP contribution in [-0.4, -0.2) is 40.2 Å². The minimum absolute atomic E-state index is 0.552. The van der Waals surface area contributed by atoms with E-state index in [2.05, 4.69) is 18.9 Å². The Morgan fingerprint density at radius 3 is 2.90 bits per heavy atom. The third-order valence-corrected chi connectivity index (χ3v) is 4.89. The summed E-state index contributed by atoms with van der Waals surface area (Å²) in [6.07, 6.45) is 0. The largest absolute Gasteiger partial charge is 0.302 e. The quantitative estimate of drug-likeness (QED) is 0.583. The van der Waals surface area contributed by atoms with Crippen molar-refractivity contribution < 1.29 is 4.21 Å². The van der Waals surface area contributed by atoms with Gasteiger partial charge in [0, 0.05) is 11.8 Å². The van der Waals surface area contributed by atoms with Gasteiger partial charge >= 0.3 is 0 Å². The van der Waals surface area contributed by atoms with Crippen LogP contribution in [0.1, 0.15) is 6.92 Å². The summed E-state index contributed by atoms with van der Waals surface area (Å²) in [5.74, 6) is 1.89. The summed E-state index contributed by atoms with van der Waals surface area (Å²) in [6.45, 7) is 3.19. The molecule has 0 aromatic heterocycles. The van der Waals surface area contributed by atoms with Gasteiger partial charge in [-0.15, -0.1) is 0 Å². The highest BCUT2D eigenvalue weighted by Gasteiger charge is 2.24. The maximum atomic E-state index is 10.9. The monoisotopic (exact) mass is 179 g/mol. The zero-order valence-electron chi connectivity index (χ0n) is 6.37. The van der Waals surface area contributed by atoms with Crippen LogP contribution in [0.4, 0.5) is 0 Å². The molecule has 0 aliphatic carbocycles. The maximum absolute atomic E-state index is 10.9. The van der Waals surface area contributed by atoms with E-state index in [4.69, 9.17) is 0 Å². The second-order valence-electron chi connectivity index (χ2n) is 2.48. The molecule has 2 atom stereocenters. The third kappa shape index (κ3) is 1.97. The summed E-state index contributed by atoms with van der Waals surface area (Å²) in [7, 11) is 3.07. The highest BCUT2D eigenvalue weighted by Crippen LogP contribution is 2.22. The molecular formula is C6H13NOS2. The Labute approximate surface area is 68.2 Å². The van der Waals surface area contributed by atoms with Gasteiger partial charge < -0.3 is 4.90 Å². The first kappa shape index (κ1) is 8.56. The van der Waals surface area contributed by atoms with Crippen molar-refractivity contribution in [1.82, 2.24) is 4.90 Å². The Morgan fingerprint density at radius 2 is 2.50 bits per heavy atom. The van der Waals surface area contributed by atoms with Gasteiger partial charge in [0.2, 0.25) is 0 Å². The molecule has 0 bridgehead atoms. The Kier molecular flexibility index (Phi) is 3.20. The van der Waals surface area contributed by atoms with Gasteiger partial charge in [-0.1, -0.05) is 17.7 Å². The molecule has 0 aromatic carbocycles. The van der Waals surface area contributed by atoms with E-state index < -0.39 is 9.83 Å². The van der Waals surface area contributed by atoms with Crippen LogP contribution in [-0.2, 0) is 9.83 Å². The van der Waals surface area contributed by atoms with E-state index in [0.29, 0.717) is 6.04 Å². The smallest absolute Gasteiger partial charge is 0.0820 e. The highest BCUT2D eigenvalue weighted by atomic mass is 33.1. The minimum Gasteiger partial charge on any atom is -0.302 e. The average Bonchev–Trinajstić information content (AvgIpc) is 2.34. The third-order valence-electron chi connectivity index (χ3n) is 1.84. The zero-order valence-corrected chi connectivity index (χ0v) is 8.00. The molecule has 2 nitrogen and oxygen atoms in total. The summed E-state index contributed by atoms with van der Waals surface area (Å²) in [5.41, 5.74) is 0. The molecule has 60 valence electrons. The molecule has 1 fully saturated rings. The van der Waals surface area contributed by atoms with Gasteiger partial charge in [-0.05, 0) is 13.6 Å². The Hall–Kier alpha value is 0.460. The summed E-state index contributed by atoms with van der Waals surface area (Å²) in [4.78, 5) is 2.26. The molecule has 1 saturated heterocycles. The van der Waals surface area contributed by atoms with Crippen molar-refractivity contribution in [3.05, 3.63) is 0 Å². The van der Waals surface area contributed by atoms with Crippen molar-refractivity contribution in [3.63, 3.8) is 0 Å². The maximum Gasteiger partial charge on any atom is 0.0820 e. The lowest BCUT2D eigenvalue weighted by Crippen LogP contribution is -2.33. The summed E-state index contributed by atoms with van der Waals surface area (Å²) in [5, 5.41) is 0. The average molecular weight is 179 g/mol. The van der Waals surface area contributed by atoms with Crippen molar-refractivity contribution in [2.45, 2.75) is 13.0 Å². The molecule has 4 heteroatoms. The summed E-state index contributed by atoms with van der Waals surface area (Å²) < 4.78 is 10.9. The van der Waals surface area contributed by atoms with Crippen LogP contribution in [0.3, 0.4) is 0 Å². The molecule has 2 unspecified atom stereocenters. The SMILES string of the molecule is CCN(C)C1CSS(=O)C1. The molecule has 1 aliphatic rings. The lowest BCUT2D eigenvalue weighted by molar-refractivity contribution is 0.298. The van der Waals surface area contributed by atoms with E-state index in [1.165, 1.54) is 0 Å². The van der Waals surface area contributed by atoms with Crippen LogP contribution >= 0.6 is 10.8 Å². The second-order valence-corrected chi connectivity index (χ2v) is 5.81. The highest BCUT2D eigenvalue weighted by molar-refractivity contribution is 8.69. The predicted octanol–water partition coefficient (Wildman–Crippen LogP) is 0.717. The van der Waals surface area contributed by atoms with Crippen LogP contribution in [0.2, 0.25) is 0 Å². The van der Waals surface area contributed by atoms with Gasteiger partial charge in [-0.25, -0.2) is 4.21 Å². The molecule has 1 heterocycles. The van der Waals surface area contributed by atoms with Crippen molar-refractivity contribution in [2.24, 2.45) is 0 Å². The molecule has 0 radical (unpaired) electrons. The lowest BCUT2D eigenvalue weighted by Gasteiger charge is -2.19. The normalized spacial score (nSPS) is 33.5. The van der Waals surface area contributed by atoms with Gasteiger partial charge in [0.05, 0.1) is 15.6 Å². The molecular weight excluding hydrogens is 166 g/mol. The van der Waals surface area contributed by atoms with Gasteiger partial charge in [0.15, 0.2) is 0 Å². The molecule has 1 aliphatic heterocycles. The van der Waals surface area contributed by atoms with Gasteiger partial charge in [0.1, 0.15) is 0 Å². The van der Waals surface area contributed by atoms with Crippen LogP contribution in [0.15, 0.2) is 0 Å². The topological polar surface area (TPSA) is 20.3 Å². The van der Waals surface area contributed by atoms with Gasteiger partial charge in [-0.3, -0.25) is 0 Å².